The SMILES string of the molecule is COc1cccc2c1OC1C3C=CC4(CN(CC5CC5)CCC214)C(C(C)O)C3. The lowest BCUT2D eigenvalue weighted by atomic mass is 9.41. The second-order valence-corrected chi connectivity index (χ2v) is 9.92. The van der Waals surface area contributed by atoms with E-state index >= 15 is 0 Å². The van der Waals surface area contributed by atoms with E-state index in [1.807, 2.05) is 13.0 Å². The summed E-state index contributed by atoms with van der Waals surface area (Å²) in [6, 6.07) is 6.40. The number of benzene rings is 1. The molecule has 6 atom stereocenters. The molecule has 4 heteroatoms. The molecule has 6 aliphatic rings. The minimum absolute atomic E-state index is 0.0454. The van der Waals surface area contributed by atoms with Gasteiger partial charge in [-0.25, -0.2) is 0 Å². The van der Waals surface area contributed by atoms with Crippen LogP contribution in [0.4, 0.5) is 0 Å². The fourth-order valence-corrected chi connectivity index (χ4v) is 7.26. The summed E-state index contributed by atoms with van der Waals surface area (Å²) >= 11 is 0. The molecule has 0 radical (unpaired) electrons. The maximum Gasteiger partial charge on any atom is 0.165 e. The highest BCUT2D eigenvalue weighted by molar-refractivity contribution is 5.58. The number of aliphatic hydroxyl groups is 1. The van der Waals surface area contributed by atoms with Gasteiger partial charge in [0.15, 0.2) is 11.5 Å². The molecule has 150 valence electrons. The van der Waals surface area contributed by atoms with E-state index in [-0.39, 0.29) is 29.0 Å². The highest BCUT2D eigenvalue weighted by Gasteiger charge is 2.71. The first-order valence-corrected chi connectivity index (χ1v) is 11.0. The summed E-state index contributed by atoms with van der Waals surface area (Å²) in [4.78, 5) is 2.68. The van der Waals surface area contributed by atoms with E-state index in [0.29, 0.717) is 5.92 Å². The van der Waals surface area contributed by atoms with Crippen LogP contribution in [0.2, 0.25) is 0 Å². The molecule has 0 amide bonds. The summed E-state index contributed by atoms with van der Waals surface area (Å²) in [7, 11) is 1.73. The zero-order valence-corrected chi connectivity index (χ0v) is 16.9. The van der Waals surface area contributed by atoms with Gasteiger partial charge < -0.3 is 19.5 Å². The van der Waals surface area contributed by atoms with E-state index in [1.54, 1.807) is 7.11 Å². The van der Waals surface area contributed by atoms with Gasteiger partial charge in [-0.2, -0.15) is 0 Å². The lowest BCUT2D eigenvalue weighted by Crippen LogP contribution is -2.71. The number of hydrogen-bond acceptors (Lipinski definition) is 4. The molecule has 1 aromatic carbocycles. The van der Waals surface area contributed by atoms with E-state index < -0.39 is 0 Å². The van der Waals surface area contributed by atoms with Crippen LogP contribution in [0.25, 0.3) is 0 Å². The van der Waals surface area contributed by atoms with Gasteiger partial charge in [-0.15, -0.1) is 0 Å². The average Bonchev–Trinajstić information content (AvgIpc) is 3.44. The van der Waals surface area contributed by atoms with Crippen molar-refractivity contribution in [3.8, 4) is 11.5 Å². The van der Waals surface area contributed by atoms with E-state index in [0.717, 1.165) is 43.3 Å². The smallest absolute Gasteiger partial charge is 0.165 e. The average molecular weight is 382 g/mol. The van der Waals surface area contributed by atoms with Crippen molar-refractivity contribution in [1.82, 2.24) is 4.90 Å². The monoisotopic (exact) mass is 381 g/mol. The number of rotatable bonds is 4. The largest absolute Gasteiger partial charge is 0.493 e. The van der Waals surface area contributed by atoms with Gasteiger partial charge in [0.1, 0.15) is 6.10 Å². The topological polar surface area (TPSA) is 41.9 Å². The number of para-hydroxylation sites is 1. The summed E-state index contributed by atoms with van der Waals surface area (Å²) in [5.74, 6) is 3.34. The summed E-state index contributed by atoms with van der Waals surface area (Å²) < 4.78 is 12.4. The number of fused-ring (bicyclic) bond motifs is 2. The van der Waals surface area contributed by atoms with E-state index in [1.165, 1.54) is 24.9 Å². The summed E-state index contributed by atoms with van der Waals surface area (Å²) in [5.41, 5.74) is 1.21. The number of methoxy groups -OCH3 is 1. The van der Waals surface area contributed by atoms with Crippen LogP contribution >= 0.6 is 0 Å². The molecule has 2 bridgehead atoms. The van der Waals surface area contributed by atoms with Crippen molar-refractivity contribution in [1.29, 1.82) is 0 Å². The van der Waals surface area contributed by atoms with Gasteiger partial charge in [0.2, 0.25) is 0 Å². The van der Waals surface area contributed by atoms with Crippen molar-refractivity contribution in [2.24, 2.45) is 23.2 Å². The Bertz CT molecular complexity index is 831. The van der Waals surface area contributed by atoms with Crippen molar-refractivity contribution >= 4 is 0 Å². The van der Waals surface area contributed by atoms with Gasteiger partial charge in [0.25, 0.3) is 0 Å². The van der Waals surface area contributed by atoms with Gasteiger partial charge in [-0.1, -0.05) is 24.3 Å². The fraction of sp³-hybridized carbons (Fsp3) is 0.667. The van der Waals surface area contributed by atoms with Gasteiger partial charge in [-0.05, 0) is 57.1 Å². The summed E-state index contributed by atoms with van der Waals surface area (Å²) in [6.45, 7) is 5.39. The maximum atomic E-state index is 10.9. The molecule has 3 fully saturated rings. The van der Waals surface area contributed by atoms with Gasteiger partial charge in [0, 0.05) is 35.4 Å². The lowest BCUT2D eigenvalue weighted by molar-refractivity contribution is -0.140. The predicted octanol–water partition coefficient (Wildman–Crippen LogP) is 3.38. The Hall–Kier alpha value is -1.52. The minimum Gasteiger partial charge on any atom is -0.493 e. The van der Waals surface area contributed by atoms with Crippen molar-refractivity contribution < 1.29 is 14.6 Å². The summed E-state index contributed by atoms with van der Waals surface area (Å²) in [5, 5.41) is 10.9. The quantitative estimate of drug-likeness (QED) is 0.812. The standard InChI is InChI=1S/C24H31NO3/c1-15(26)19-12-17-8-9-23(19)14-25(13-16-6-7-16)11-10-24(23)18-4-3-5-20(27-2)21(18)28-22(17)24/h3-5,8-9,15-17,19,22,26H,6-7,10-14H2,1-2H3. The molecular weight excluding hydrogens is 350 g/mol. The highest BCUT2D eigenvalue weighted by atomic mass is 16.5. The molecule has 4 aliphatic carbocycles. The summed E-state index contributed by atoms with van der Waals surface area (Å²) in [6.07, 6.45) is 9.66. The Morgan fingerprint density at radius 2 is 2.21 bits per heavy atom. The van der Waals surface area contributed by atoms with Gasteiger partial charge in [0.05, 0.1) is 13.2 Å². The van der Waals surface area contributed by atoms with E-state index in [4.69, 9.17) is 9.47 Å². The Morgan fingerprint density at radius 3 is 2.96 bits per heavy atom. The molecule has 4 nitrogen and oxygen atoms in total. The van der Waals surface area contributed by atoms with E-state index in [9.17, 15) is 5.11 Å². The highest BCUT2D eigenvalue weighted by Crippen LogP contribution is 2.70. The normalized spacial score (nSPS) is 41.8. The third kappa shape index (κ3) is 2.03. The molecule has 2 aliphatic heterocycles. The molecule has 2 saturated carbocycles. The predicted molar refractivity (Wildman–Crippen MR) is 108 cm³/mol. The molecular formula is C24H31NO3. The van der Waals surface area contributed by atoms with Crippen LogP contribution in [0.3, 0.4) is 0 Å². The van der Waals surface area contributed by atoms with E-state index in [2.05, 4.69) is 29.2 Å². The molecule has 28 heavy (non-hydrogen) atoms. The van der Waals surface area contributed by atoms with Crippen LogP contribution in [-0.4, -0.2) is 49.0 Å². The van der Waals surface area contributed by atoms with Crippen LogP contribution in [0, 0.1) is 23.2 Å². The fourth-order valence-electron chi connectivity index (χ4n) is 7.26. The molecule has 1 saturated heterocycles. The number of nitrogens with zero attached hydrogens (tertiary/aromatic N) is 1. The zero-order valence-electron chi connectivity index (χ0n) is 16.9. The second-order valence-electron chi connectivity index (χ2n) is 9.92. The molecule has 2 spiro atoms. The number of ether oxygens (including phenoxy) is 2. The zero-order chi connectivity index (χ0) is 19.1. The Balaban J connectivity index is 1.52. The van der Waals surface area contributed by atoms with Crippen LogP contribution < -0.4 is 9.47 Å². The molecule has 1 aromatic rings. The molecule has 7 rings (SSSR count). The Kier molecular flexibility index (Phi) is 3.57. The molecule has 0 aromatic heterocycles. The van der Waals surface area contributed by atoms with Crippen molar-refractivity contribution in [3.63, 3.8) is 0 Å². The van der Waals surface area contributed by atoms with Crippen LogP contribution in [0.15, 0.2) is 30.4 Å². The van der Waals surface area contributed by atoms with Crippen molar-refractivity contribution in [2.75, 3.05) is 26.7 Å². The number of piperidine rings is 1. The van der Waals surface area contributed by atoms with Crippen molar-refractivity contribution in [2.45, 2.75) is 50.2 Å². The maximum absolute atomic E-state index is 10.9. The lowest BCUT2D eigenvalue weighted by Gasteiger charge is -2.65. The number of hydrogen-bond donors (Lipinski definition) is 1. The van der Waals surface area contributed by atoms with Gasteiger partial charge in [-0.3, -0.25) is 0 Å². The minimum atomic E-state index is -0.305. The first-order chi connectivity index (χ1) is 13.6. The molecule has 6 unspecified atom stereocenters. The van der Waals surface area contributed by atoms with Crippen LogP contribution in [-0.2, 0) is 5.41 Å². The number of aliphatic hydroxyl groups excluding tert-OH is 1. The third-order valence-corrected chi connectivity index (χ3v) is 8.56. The molecule has 1 N–H and O–H groups in total. The molecule has 2 heterocycles. The second kappa shape index (κ2) is 5.76. The Labute approximate surface area is 167 Å². The van der Waals surface area contributed by atoms with Gasteiger partial charge >= 0.3 is 0 Å². The van der Waals surface area contributed by atoms with Crippen LogP contribution in [0.5, 0.6) is 11.5 Å². The Morgan fingerprint density at radius 1 is 1.36 bits per heavy atom. The third-order valence-electron chi connectivity index (χ3n) is 8.56. The van der Waals surface area contributed by atoms with Crippen molar-refractivity contribution in [3.05, 3.63) is 35.9 Å². The first kappa shape index (κ1) is 17.3. The first-order valence-electron chi connectivity index (χ1n) is 11.0. The van der Waals surface area contributed by atoms with Crippen LogP contribution in [0.1, 0.15) is 38.2 Å². The number of likely N-dealkylation sites (tertiary alicyclic amines) is 1.